The minimum absolute atomic E-state index is 0.122. The normalized spacial score (nSPS) is 10.7. The minimum atomic E-state index is -0.297. The zero-order valence-corrected chi connectivity index (χ0v) is 12.2. The van der Waals surface area contributed by atoms with Gasteiger partial charge in [-0.15, -0.1) is 0 Å². The molecule has 2 aromatic carbocycles. The van der Waals surface area contributed by atoms with Gasteiger partial charge >= 0.3 is 0 Å². The molecule has 0 aliphatic rings. The monoisotopic (exact) mass is 291 g/mol. The van der Waals surface area contributed by atoms with Gasteiger partial charge < -0.3 is 10.1 Å². The van der Waals surface area contributed by atoms with E-state index >= 15 is 0 Å². The SMILES string of the molecule is CCNCc1ccc(F)c(COc2ccc(F)c(C)c2)c1. The Morgan fingerprint density at radius 3 is 2.52 bits per heavy atom. The molecule has 0 unspecified atom stereocenters. The Bertz CT molecular complexity index is 614. The second kappa shape index (κ2) is 7.18. The van der Waals surface area contributed by atoms with Crippen LogP contribution in [0.1, 0.15) is 23.6 Å². The van der Waals surface area contributed by atoms with Crippen molar-refractivity contribution in [2.45, 2.75) is 27.0 Å². The summed E-state index contributed by atoms with van der Waals surface area (Å²) in [5, 5.41) is 3.19. The third kappa shape index (κ3) is 4.26. The van der Waals surface area contributed by atoms with Crippen molar-refractivity contribution in [1.82, 2.24) is 5.32 Å². The zero-order chi connectivity index (χ0) is 15.2. The Morgan fingerprint density at radius 2 is 1.81 bits per heavy atom. The van der Waals surface area contributed by atoms with E-state index in [4.69, 9.17) is 4.74 Å². The summed E-state index contributed by atoms with van der Waals surface area (Å²) in [5.41, 5.74) is 2.01. The molecule has 0 heterocycles. The molecule has 0 aliphatic heterocycles. The summed E-state index contributed by atoms with van der Waals surface area (Å²) in [4.78, 5) is 0. The fourth-order valence-corrected chi connectivity index (χ4v) is 1.99. The van der Waals surface area contributed by atoms with Crippen LogP contribution in [0.25, 0.3) is 0 Å². The maximum Gasteiger partial charge on any atom is 0.129 e. The molecule has 112 valence electrons. The average Bonchev–Trinajstić information content (AvgIpc) is 2.48. The third-order valence-electron chi connectivity index (χ3n) is 3.21. The lowest BCUT2D eigenvalue weighted by atomic mass is 10.1. The summed E-state index contributed by atoms with van der Waals surface area (Å²) in [6, 6.07) is 9.49. The minimum Gasteiger partial charge on any atom is -0.489 e. The van der Waals surface area contributed by atoms with Gasteiger partial charge in [-0.3, -0.25) is 0 Å². The molecule has 0 fully saturated rings. The van der Waals surface area contributed by atoms with Crippen LogP contribution in [0.3, 0.4) is 0 Å². The van der Waals surface area contributed by atoms with Crippen molar-refractivity contribution >= 4 is 0 Å². The van der Waals surface area contributed by atoms with Gasteiger partial charge in [0.15, 0.2) is 0 Å². The summed E-state index contributed by atoms with van der Waals surface area (Å²) in [7, 11) is 0. The molecule has 0 aliphatic carbocycles. The van der Waals surface area contributed by atoms with Crippen molar-refractivity contribution in [2.24, 2.45) is 0 Å². The van der Waals surface area contributed by atoms with Gasteiger partial charge in [-0.05, 0) is 54.9 Å². The van der Waals surface area contributed by atoms with E-state index in [-0.39, 0.29) is 18.2 Å². The summed E-state index contributed by atoms with van der Waals surface area (Å²) < 4.78 is 32.5. The molecule has 0 radical (unpaired) electrons. The number of halogens is 2. The Morgan fingerprint density at radius 1 is 1.05 bits per heavy atom. The van der Waals surface area contributed by atoms with E-state index in [2.05, 4.69) is 5.32 Å². The first-order valence-electron chi connectivity index (χ1n) is 6.97. The molecule has 0 saturated carbocycles. The highest BCUT2D eigenvalue weighted by atomic mass is 19.1. The van der Waals surface area contributed by atoms with Gasteiger partial charge in [-0.25, -0.2) is 8.78 Å². The van der Waals surface area contributed by atoms with Crippen LogP contribution in [0.5, 0.6) is 5.75 Å². The molecule has 0 spiro atoms. The van der Waals surface area contributed by atoms with Gasteiger partial charge in [0.2, 0.25) is 0 Å². The van der Waals surface area contributed by atoms with Crippen LogP contribution in [0.2, 0.25) is 0 Å². The average molecular weight is 291 g/mol. The van der Waals surface area contributed by atoms with Crippen molar-refractivity contribution < 1.29 is 13.5 Å². The van der Waals surface area contributed by atoms with Crippen LogP contribution >= 0.6 is 0 Å². The third-order valence-corrected chi connectivity index (χ3v) is 3.21. The first-order valence-corrected chi connectivity index (χ1v) is 6.97. The fraction of sp³-hybridized carbons (Fsp3) is 0.294. The van der Waals surface area contributed by atoms with Gasteiger partial charge in [0.05, 0.1) is 0 Å². The summed E-state index contributed by atoms with van der Waals surface area (Å²) in [5.74, 6) is -0.0411. The van der Waals surface area contributed by atoms with Crippen LogP contribution in [-0.2, 0) is 13.2 Å². The molecule has 4 heteroatoms. The van der Waals surface area contributed by atoms with E-state index < -0.39 is 0 Å². The molecule has 0 bridgehead atoms. The first-order chi connectivity index (χ1) is 10.1. The quantitative estimate of drug-likeness (QED) is 0.869. The number of hydrogen-bond donors (Lipinski definition) is 1. The fourth-order valence-electron chi connectivity index (χ4n) is 1.99. The predicted octanol–water partition coefficient (Wildman–Crippen LogP) is 3.96. The predicted molar refractivity (Wildman–Crippen MR) is 79.2 cm³/mol. The highest BCUT2D eigenvalue weighted by molar-refractivity contribution is 5.30. The number of rotatable bonds is 6. The topological polar surface area (TPSA) is 21.3 Å². The van der Waals surface area contributed by atoms with Gasteiger partial charge in [-0.1, -0.05) is 13.0 Å². The highest BCUT2D eigenvalue weighted by Gasteiger charge is 2.06. The summed E-state index contributed by atoms with van der Waals surface area (Å²) in [6.07, 6.45) is 0. The second-order valence-corrected chi connectivity index (χ2v) is 4.91. The Balaban J connectivity index is 2.06. The van der Waals surface area contributed by atoms with Gasteiger partial charge in [0.1, 0.15) is 24.0 Å². The maximum atomic E-state index is 13.8. The maximum absolute atomic E-state index is 13.8. The van der Waals surface area contributed by atoms with E-state index in [1.165, 1.54) is 12.1 Å². The van der Waals surface area contributed by atoms with Crippen LogP contribution in [0, 0.1) is 18.6 Å². The second-order valence-electron chi connectivity index (χ2n) is 4.91. The Kier molecular flexibility index (Phi) is 5.28. The molecular weight excluding hydrogens is 272 g/mol. The van der Waals surface area contributed by atoms with Crippen LogP contribution < -0.4 is 10.1 Å². The molecular formula is C17H19F2NO. The lowest BCUT2D eigenvalue weighted by Gasteiger charge is -2.10. The first kappa shape index (κ1) is 15.4. The summed E-state index contributed by atoms with van der Waals surface area (Å²) in [6.45, 7) is 5.36. The van der Waals surface area contributed by atoms with Crippen LogP contribution in [0.4, 0.5) is 8.78 Å². The molecule has 2 rings (SSSR count). The standard InChI is InChI=1S/C17H19F2NO/c1-3-20-10-13-4-6-17(19)14(9-13)11-21-15-5-7-16(18)12(2)8-15/h4-9,20H,3,10-11H2,1-2H3. The van der Waals surface area contributed by atoms with E-state index in [0.717, 1.165) is 12.1 Å². The number of hydrogen-bond acceptors (Lipinski definition) is 2. The number of nitrogens with one attached hydrogen (secondary N) is 1. The van der Waals surface area contributed by atoms with Crippen molar-refractivity contribution in [3.8, 4) is 5.75 Å². The van der Waals surface area contributed by atoms with E-state index in [0.29, 0.717) is 23.4 Å². The van der Waals surface area contributed by atoms with Crippen LogP contribution in [-0.4, -0.2) is 6.54 Å². The number of ether oxygens (including phenoxy) is 1. The molecule has 21 heavy (non-hydrogen) atoms. The van der Waals surface area contributed by atoms with Crippen molar-refractivity contribution in [3.63, 3.8) is 0 Å². The molecule has 0 aromatic heterocycles. The lowest BCUT2D eigenvalue weighted by molar-refractivity contribution is 0.299. The van der Waals surface area contributed by atoms with E-state index in [9.17, 15) is 8.78 Å². The zero-order valence-electron chi connectivity index (χ0n) is 12.2. The molecule has 1 N–H and O–H groups in total. The molecule has 2 nitrogen and oxygen atoms in total. The molecule has 0 atom stereocenters. The molecule has 0 saturated heterocycles. The molecule has 0 amide bonds. The lowest BCUT2D eigenvalue weighted by Crippen LogP contribution is -2.12. The van der Waals surface area contributed by atoms with Gasteiger partial charge in [-0.2, -0.15) is 0 Å². The highest BCUT2D eigenvalue weighted by Crippen LogP contribution is 2.19. The largest absolute Gasteiger partial charge is 0.489 e. The van der Waals surface area contributed by atoms with Crippen molar-refractivity contribution in [3.05, 3.63) is 64.7 Å². The van der Waals surface area contributed by atoms with E-state index in [1.54, 1.807) is 31.2 Å². The van der Waals surface area contributed by atoms with Crippen molar-refractivity contribution in [2.75, 3.05) is 6.54 Å². The molecule has 2 aromatic rings. The Labute approximate surface area is 123 Å². The van der Waals surface area contributed by atoms with Gasteiger partial charge in [0, 0.05) is 12.1 Å². The number of aryl methyl sites for hydroxylation is 1. The van der Waals surface area contributed by atoms with Crippen molar-refractivity contribution in [1.29, 1.82) is 0 Å². The summed E-state index contributed by atoms with van der Waals surface area (Å²) >= 11 is 0. The number of benzene rings is 2. The van der Waals surface area contributed by atoms with E-state index in [1.807, 2.05) is 6.92 Å². The van der Waals surface area contributed by atoms with Crippen LogP contribution in [0.15, 0.2) is 36.4 Å². The Hall–Kier alpha value is -1.94. The van der Waals surface area contributed by atoms with Gasteiger partial charge in [0.25, 0.3) is 0 Å². The smallest absolute Gasteiger partial charge is 0.129 e.